The minimum absolute atomic E-state index is 0.0335. The van der Waals surface area contributed by atoms with E-state index in [1.54, 1.807) is 21.6 Å². The van der Waals surface area contributed by atoms with E-state index in [1.807, 2.05) is 18.2 Å². The molecule has 3 aromatic rings. The molecule has 2 N–H and O–H groups in total. The highest BCUT2D eigenvalue weighted by atomic mass is 33.1. The Labute approximate surface area is 425 Å². The molecule has 0 radical (unpaired) electrons. The quantitative estimate of drug-likeness (QED) is 0.0254. The Kier molecular flexibility index (Phi) is 22.8. The molecular formula is C52H70N6O11S2. The van der Waals surface area contributed by atoms with Gasteiger partial charge in [-0.05, 0) is 54.7 Å². The van der Waals surface area contributed by atoms with Crippen molar-refractivity contribution >= 4 is 57.8 Å². The third kappa shape index (κ3) is 17.0. The molecule has 0 bridgehead atoms. The van der Waals surface area contributed by atoms with Gasteiger partial charge in [-0.2, -0.15) is 0 Å². The molecular weight excluding hydrogens is 949 g/mol. The number of piperazine rings is 2. The summed E-state index contributed by atoms with van der Waals surface area (Å²) < 4.78 is 26.5. The molecule has 17 nitrogen and oxygen atoms in total. The monoisotopic (exact) mass is 1020 g/mol. The largest absolute Gasteiger partial charge is 0.462 e. The molecule has 1 saturated carbocycles. The molecule has 1 aliphatic carbocycles. The second-order valence-electron chi connectivity index (χ2n) is 17.6. The van der Waals surface area contributed by atoms with E-state index in [1.165, 1.54) is 21.6 Å². The Morgan fingerprint density at radius 1 is 0.535 bits per heavy atom. The number of esters is 1. The number of rotatable bonds is 22. The van der Waals surface area contributed by atoms with Crippen LogP contribution in [0.25, 0.3) is 0 Å². The van der Waals surface area contributed by atoms with Crippen LogP contribution in [0, 0.1) is 11.8 Å². The van der Waals surface area contributed by atoms with Crippen molar-refractivity contribution in [3.8, 4) is 0 Å². The number of hydrogen-bond acceptors (Lipinski definition) is 14. The van der Waals surface area contributed by atoms with Crippen molar-refractivity contribution in [3.05, 3.63) is 108 Å². The van der Waals surface area contributed by atoms with Crippen LogP contribution in [0.5, 0.6) is 0 Å². The van der Waals surface area contributed by atoms with Crippen LogP contribution in [-0.2, 0) is 38.8 Å². The van der Waals surface area contributed by atoms with E-state index in [0.717, 1.165) is 48.8 Å². The van der Waals surface area contributed by atoms with E-state index >= 15 is 0 Å². The first-order chi connectivity index (χ1) is 34.7. The molecule has 0 aromatic heterocycles. The summed E-state index contributed by atoms with van der Waals surface area (Å²) in [5, 5.41) is 5.72. The van der Waals surface area contributed by atoms with Gasteiger partial charge >= 0.3 is 30.3 Å². The van der Waals surface area contributed by atoms with Crippen molar-refractivity contribution in [3.63, 3.8) is 0 Å². The molecule has 5 amide bonds. The first-order valence-electron chi connectivity index (χ1n) is 24.9. The van der Waals surface area contributed by atoms with Crippen molar-refractivity contribution in [1.29, 1.82) is 0 Å². The number of benzene rings is 3. The zero-order chi connectivity index (χ0) is 50.1. The number of carbonyl (C=O) groups is 6. The Morgan fingerprint density at radius 3 is 1.48 bits per heavy atom. The van der Waals surface area contributed by atoms with Crippen LogP contribution in [0.4, 0.5) is 19.2 Å². The van der Waals surface area contributed by atoms with E-state index < -0.39 is 35.9 Å². The lowest BCUT2D eigenvalue weighted by Gasteiger charge is -2.48. The summed E-state index contributed by atoms with van der Waals surface area (Å²) in [5.41, 5.74) is 2.84. The van der Waals surface area contributed by atoms with Gasteiger partial charge in [0.1, 0.15) is 26.4 Å². The average Bonchev–Trinajstić information content (AvgIpc) is 3.65. The molecule has 3 fully saturated rings. The summed E-state index contributed by atoms with van der Waals surface area (Å²) in [6, 6.07) is 31.3. The molecule has 0 spiro atoms. The molecule has 2 atom stereocenters. The van der Waals surface area contributed by atoms with Gasteiger partial charge in [0.2, 0.25) is 5.91 Å². The highest BCUT2D eigenvalue weighted by Gasteiger charge is 2.43. The maximum atomic E-state index is 13.1. The standard InChI is InChI=1S/C52H70N6O11S2/c1-2-65-48(61)53-39-41-14-12-13-15-42(38-41)40-54-49(62)67-34-36-70-71-37-35-69-51(64)56-26-24-55(25-27-56)46(59)22-23-47(60)66-32-33-68-50(63)57-28-30-58(31-29-57)52(43-16-6-3-7-17-43,44-18-8-4-9-19-44)45-20-10-5-11-21-45/h3-11,16-21,41-42H,2,12-15,22-40H2,1H3,(H,53,61)(H,54,62). The van der Waals surface area contributed by atoms with Crippen LogP contribution in [0.3, 0.4) is 0 Å². The van der Waals surface area contributed by atoms with Gasteiger partial charge in [-0.1, -0.05) is 125 Å². The lowest BCUT2D eigenvalue weighted by Crippen LogP contribution is -2.57. The van der Waals surface area contributed by atoms with Crippen molar-refractivity contribution in [1.82, 2.24) is 30.2 Å². The second-order valence-corrected chi connectivity index (χ2v) is 20.3. The SMILES string of the molecule is CCOC(=O)NCC1CCCCC(CNC(=O)OCCSSCCOC(=O)N2CCN(C(=O)CCC(=O)OCCOC(=O)N3CCN(C(c4ccccc4)(c4ccccc4)c4ccccc4)CC3)CC2)C1. The highest BCUT2D eigenvalue weighted by Crippen LogP contribution is 2.43. The van der Waals surface area contributed by atoms with E-state index in [-0.39, 0.29) is 45.2 Å². The number of carbonyl (C=O) groups excluding carboxylic acids is 6. The third-order valence-electron chi connectivity index (χ3n) is 13.0. The van der Waals surface area contributed by atoms with Gasteiger partial charge < -0.3 is 49.0 Å². The van der Waals surface area contributed by atoms with Crippen molar-refractivity contribution in [2.24, 2.45) is 11.8 Å². The number of alkyl carbamates (subject to hydrolysis) is 2. The second kappa shape index (κ2) is 29.6. The molecule has 71 heavy (non-hydrogen) atoms. The zero-order valence-electron chi connectivity index (χ0n) is 40.9. The van der Waals surface area contributed by atoms with Gasteiger partial charge in [-0.25, -0.2) is 19.2 Å². The zero-order valence-corrected chi connectivity index (χ0v) is 42.5. The summed E-state index contributed by atoms with van der Waals surface area (Å²) in [6.45, 7) is 6.88. The Balaban J connectivity index is 0.776. The van der Waals surface area contributed by atoms with E-state index in [4.69, 9.17) is 23.7 Å². The van der Waals surface area contributed by atoms with Crippen LogP contribution in [-0.4, -0.2) is 166 Å². The molecule has 2 saturated heterocycles. The smallest absolute Gasteiger partial charge is 0.409 e. The summed E-state index contributed by atoms with van der Waals surface area (Å²) in [5.74, 6) is 1.06. The summed E-state index contributed by atoms with van der Waals surface area (Å²) >= 11 is 0. The number of amides is 5. The first kappa shape index (κ1) is 54.7. The Morgan fingerprint density at radius 2 is 0.972 bits per heavy atom. The molecule has 6 rings (SSSR count). The fraction of sp³-hybridized carbons (Fsp3) is 0.538. The minimum atomic E-state index is -0.573. The number of hydrogen-bond donors (Lipinski definition) is 2. The van der Waals surface area contributed by atoms with Gasteiger partial charge in [0.05, 0.1) is 18.6 Å². The van der Waals surface area contributed by atoms with Crippen molar-refractivity contribution < 1.29 is 52.5 Å². The average molecular weight is 1020 g/mol. The lowest BCUT2D eigenvalue weighted by molar-refractivity contribution is -0.147. The third-order valence-corrected chi connectivity index (χ3v) is 15.3. The predicted molar refractivity (Wildman–Crippen MR) is 273 cm³/mol. The summed E-state index contributed by atoms with van der Waals surface area (Å²) in [7, 11) is 3.05. The van der Waals surface area contributed by atoms with Gasteiger partial charge in [0, 0.05) is 83.4 Å². The lowest BCUT2D eigenvalue weighted by atomic mass is 9.75. The molecule has 19 heteroatoms. The number of nitrogens with one attached hydrogen (secondary N) is 2. The first-order valence-corrected chi connectivity index (χ1v) is 27.4. The fourth-order valence-corrected chi connectivity index (χ4v) is 11.1. The molecule has 3 aliphatic rings. The Hall–Kier alpha value is -5.66. The van der Waals surface area contributed by atoms with Crippen LogP contribution in [0.2, 0.25) is 0 Å². The topological polar surface area (TPSA) is 186 Å². The van der Waals surface area contributed by atoms with E-state index in [9.17, 15) is 28.8 Å². The molecule has 386 valence electrons. The highest BCUT2D eigenvalue weighted by molar-refractivity contribution is 8.76. The normalized spacial score (nSPS) is 17.6. The van der Waals surface area contributed by atoms with Crippen LogP contribution < -0.4 is 10.6 Å². The van der Waals surface area contributed by atoms with Gasteiger partial charge in [-0.3, -0.25) is 14.5 Å². The molecule has 2 unspecified atom stereocenters. The molecule has 2 aliphatic heterocycles. The number of nitrogens with zero attached hydrogens (tertiary/aromatic N) is 4. The summed E-state index contributed by atoms with van der Waals surface area (Å²) in [6.07, 6.45) is 3.30. The number of ether oxygens (including phenoxy) is 5. The van der Waals surface area contributed by atoms with Gasteiger partial charge in [0.25, 0.3) is 0 Å². The Bertz CT molecular complexity index is 2020. The van der Waals surface area contributed by atoms with Crippen molar-refractivity contribution in [2.75, 3.05) is 110 Å². The fourth-order valence-electron chi connectivity index (χ4n) is 9.44. The maximum absolute atomic E-state index is 13.1. The van der Waals surface area contributed by atoms with Crippen molar-refractivity contribution in [2.45, 2.75) is 57.4 Å². The maximum Gasteiger partial charge on any atom is 0.409 e. The summed E-state index contributed by atoms with van der Waals surface area (Å²) in [4.78, 5) is 82.4. The van der Waals surface area contributed by atoms with Gasteiger partial charge in [-0.15, -0.1) is 0 Å². The van der Waals surface area contributed by atoms with Crippen LogP contribution >= 0.6 is 21.6 Å². The molecule has 3 aromatic carbocycles. The van der Waals surface area contributed by atoms with Crippen LogP contribution in [0.1, 0.15) is 68.6 Å². The van der Waals surface area contributed by atoms with E-state index in [2.05, 4.69) is 88.3 Å². The van der Waals surface area contributed by atoms with Gasteiger partial charge in [0.15, 0.2) is 0 Å². The molecule has 2 heterocycles. The van der Waals surface area contributed by atoms with Crippen LogP contribution in [0.15, 0.2) is 91.0 Å². The van der Waals surface area contributed by atoms with E-state index in [0.29, 0.717) is 95.4 Å². The predicted octanol–water partition coefficient (Wildman–Crippen LogP) is 7.39. The minimum Gasteiger partial charge on any atom is -0.462 e.